The number of benzene rings is 1. The topological polar surface area (TPSA) is 81.2 Å². The molecule has 7 heteroatoms. The van der Waals surface area contributed by atoms with E-state index >= 15 is 0 Å². The van der Waals surface area contributed by atoms with Crippen molar-refractivity contribution in [3.63, 3.8) is 0 Å². The van der Waals surface area contributed by atoms with Gasteiger partial charge in [-0.15, -0.1) is 0 Å². The number of nitro groups is 1. The van der Waals surface area contributed by atoms with E-state index in [1.54, 1.807) is 12.1 Å². The Morgan fingerprint density at radius 3 is 2.70 bits per heavy atom. The molecule has 0 aliphatic heterocycles. The van der Waals surface area contributed by atoms with Crippen molar-refractivity contribution < 1.29 is 9.45 Å². The van der Waals surface area contributed by atoms with Gasteiger partial charge in [-0.05, 0) is 32.9 Å². The first-order chi connectivity index (χ1) is 9.40. The molecule has 0 aliphatic rings. The van der Waals surface area contributed by atoms with Crippen LogP contribution in [0.4, 0.5) is 11.4 Å². The van der Waals surface area contributed by atoms with Gasteiger partial charge in [0.2, 0.25) is 0 Å². The molecule has 0 bridgehead atoms. The molecule has 0 amide bonds. The van der Waals surface area contributed by atoms with Crippen LogP contribution in [0.15, 0.2) is 27.2 Å². The summed E-state index contributed by atoms with van der Waals surface area (Å²) in [6, 6.07) is 4.65. The van der Waals surface area contributed by atoms with E-state index in [1.807, 2.05) is 20.8 Å². The molecule has 6 nitrogen and oxygen atoms in total. The van der Waals surface area contributed by atoms with Crippen LogP contribution in [0.1, 0.15) is 30.0 Å². The summed E-state index contributed by atoms with van der Waals surface area (Å²) in [5.41, 5.74) is 2.18. The van der Waals surface area contributed by atoms with E-state index in [0.717, 1.165) is 15.7 Å². The fourth-order valence-electron chi connectivity index (χ4n) is 2.20. The van der Waals surface area contributed by atoms with Crippen LogP contribution >= 0.6 is 15.9 Å². The lowest BCUT2D eigenvalue weighted by Crippen LogP contribution is -2.10. The summed E-state index contributed by atoms with van der Waals surface area (Å²) in [5, 5.41) is 18.1. The Labute approximate surface area is 124 Å². The van der Waals surface area contributed by atoms with Gasteiger partial charge in [0.25, 0.3) is 5.69 Å². The molecule has 1 N–H and O–H groups in total. The Morgan fingerprint density at radius 2 is 2.15 bits per heavy atom. The second kappa shape index (κ2) is 5.62. The van der Waals surface area contributed by atoms with Gasteiger partial charge in [-0.3, -0.25) is 10.1 Å². The normalized spacial score (nSPS) is 12.2. The molecule has 1 heterocycles. The van der Waals surface area contributed by atoms with Gasteiger partial charge in [0.1, 0.15) is 11.4 Å². The van der Waals surface area contributed by atoms with Crippen molar-refractivity contribution in [2.24, 2.45) is 0 Å². The van der Waals surface area contributed by atoms with Gasteiger partial charge >= 0.3 is 0 Å². The molecular weight excluding hydrogens is 326 g/mol. The molecule has 106 valence electrons. The first-order valence-corrected chi connectivity index (χ1v) is 6.82. The fraction of sp³-hybridized carbons (Fsp3) is 0.308. The Hall–Kier alpha value is -1.89. The van der Waals surface area contributed by atoms with Gasteiger partial charge < -0.3 is 9.84 Å². The smallest absolute Gasteiger partial charge is 0.292 e. The number of hydrogen-bond donors (Lipinski definition) is 1. The molecule has 1 atom stereocenters. The lowest BCUT2D eigenvalue weighted by Gasteiger charge is -2.15. The molecule has 0 spiro atoms. The average molecular weight is 340 g/mol. The highest BCUT2D eigenvalue weighted by molar-refractivity contribution is 9.10. The highest BCUT2D eigenvalue weighted by Crippen LogP contribution is 2.32. The zero-order valence-electron chi connectivity index (χ0n) is 11.3. The first-order valence-electron chi connectivity index (χ1n) is 6.03. The molecule has 2 rings (SSSR count). The highest BCUT2D eigenvalue weighted by atomic mass is 79.9. The third kappa shape index (κ3) is 2.82. The molecule has 0 radical (unpaired) electrons. The number of nitrogens with one attached hydrogen (secondary N) is 1. The van der Waals surface area contributed by atoms with E-state index in [4.69, 9.17) is 4.52 Å². The van der Waals surface area contributed by atoms with Crippen molar-refractivity contribution in [3.8, 4) is 0 Å². The summed E-state index contributed by atoms with van der Waals surface area (Å²) in [7, 11) is 0. The van der Waals surface area contributed by atoms with Crippen LogP contribution in [0, 0.1) is 24.0 Å². The maximum absolute atomic E-state index is 11.1. The van der Waals surface area contributed by atoms with Crippen LogP contribution in [0.25, 0.3) is 0 Å². The standard InChI is InChI=1S/C13H14BrN3O3/c1-7(13-8(2)16-20-9(13)3)15-11-6-10(14)4-5-12(11)17(18)19/h4-7,15H,1-3H3. The van der Waals surface area contributed by atoms with Crippen LogP contribution < -0.4 is 5.32 Å². The average Bonchev–Trinajstić information content (AvgIpc) is 2.68. The van der Waals surface area contributed by atoms with Crippen LogP contribution in [-0.2, 0) is 0 Å². The summed E-state index contributed by atoms with van der Waals surface area (Å²) >= 11 is 3.32. The monoisotopic (exact) mass is 339 g/mol. The Balaban J connectivity index is 2.35. The first kappa shape index (κ1) is 14.5. The van der Waals surface area contributed by atoms with Gasteiger partial charge in [0.05, 0.1) is 16.7 Å². The van der Waals surface area contributed by atoms with E-state index in [0.29, 0.717) is 11.4 Å². The summed E-state index contributed by atoms with van der Waals surface area (Å²) in [6.45, 7) is 5.58. The molecule has 1 unspecified atom stereocenters. The molecule has 0 fully saturated rings. The Bertz CT molecular complexity index is 635. The van der Waals surface area contributed by atoms with Crippen LogP contribution in [-0.4, -0.2) is 10.1 Å². The molecule has 0 saturated heterocycles. The minimum atomic E-state index is -0.408. The quantitative estimate of drug-likeness (QED) is 0.668. The van der Waals surface area contributed by atoms with E-state index in [-0.39, 0.29) is 11.7 Å². The maximum atomic E-state index is 11.1. The lowest BCUT2D eigenvalue weighted by molar-refractivity contribution is -0.384. The number of nitrogens with zero attached hydrogens (tertiary/aromatic N) is 2. The van der Waals surface area contributed by atoms with Gasteiger partial charge in [-0.2, -0.15) is 0 Å². The highest BCUT2D eigenvalue weighted by Gasteiger charge is 2.20. The largest absolute Gasteiger partial charge is 0.373 e. The third-order valence-electron chi connectivity index (χ3n) is 3.05. The van der Waals surface area contributed by atoms with Crippen LogP contribution in [0.2, 0.25) is 0 Å². The number of hydrogen-bond acceptors (Lipinski definition) is 5. The number of aryl methyl sites for hydroxylation is 2. The molecular formula is C13H14BrN3O3. The Morgan fingerprint density at radius 1 is 1.45 bits per heavy atom. The minimum absolute atomic E-state index is 0.0341. The number of nitro benzene ring substituents is 1. The van der Waals surface area contributed by atoms with Gasteiger partial charge in [0.15, 0.2) is 0 Å². The molecule has 1 aromatic carbocycles. The van der Waals surface area contributed by atoms with E-state index in [1.165, 1.54) is 6.07 Å². The SMILES string of the molecule is Cc1noc(C)c1C(C)Nc1cc(Br)ccc1[N+](=O)[O-]. The molecule has 0 aliphatic carbocycles. The Kier molecular flexibility index (Phi) is 4.08. The van der Waals surface area contributed by atoms with Crippen LogP contribution in [0.5, 0.6) is 0 Å². The summed E-state index contributed by atoms with van der Waals surface area (Å²) in [5.74, 6) is 0.708. The molecule has 2 aromatic rings. The predicted octanol–water partition coefficient (Wildman–Crippen LogP) is 4.14. The third-order valence-corrected chi connectivity index (χ3v) is 3.54. The number of aromatic nitrogens is 1. The van der Waals surface area contributed by atoms with Crippen molar-refractivity contribution in [2.75, 3.05) is 5.32 Å². The zero-order valence-corrected chi connectivity index (χ0v) is 12.9. The summed E-state index contributed by atoms with van der Waals surface area (Å²) < 4.78 is 5.90. The predicted molar refractivity (Wildman–Crippen MR) is 78.8 cm³/mol. The minimum Gasteiger partial charge on any atom is -0.373 e. The van der Waals surface area contributed by atoms with Crippen molar-refractivity contribution in [3.05, 3.63) is 49.8 Å². The van der Waals surface area contributed by atoms with Crippen molar-refractivity contribution in [2.45, 2.75) is 26.8 Å². The van der Waals surface area contributed by atoms with Crippen LogP contribution in [0.3, 0.4) is 0 Å². The zero-order chi connectivity index (χ0) is 14.9. The van der Waals surface area contributed by atoms with Crippen molar-refractivity contribution >= 4 is 27.3 Å². The van der Waals surface area contributed by atoms with E-state index in [9.17, 15) is 10.1 Å². The summed E-state index contributed by atoms with van der Waals surface area (Å²) in [4.78, 5) is 10.6. The van der Waals surface area contributed by atoms with Crippen molar-refractivity contribution in [1.29, 1.82) is 0 Å². The molecule has 1 aromatic heterocycles. The maximum Gasteiger partial charge on any atom is 0.292 e. The van der Waals surface area contributed by atoms with E-state index < -0.39 is 4.92 Å². The van der Waals surface area contributed by atoms with Gasteiger partial charge in [-0.1, -0.05) is 21.1 Å². The fourth-order valence-corrected chi connectivity index (χ4v) is 2.56. The second-order valence-electron chi connectivity index (χ2n) is 4.52. The second-order valence-corrected chi connectivity index (χ2v) is 5.44. The lowest BCUT2D eigenvalue weighted by atomic mass is 10.1. The summed E-state index contributed by atoms with van der Waals surface area (Å²) in [6.07, 6.45) is 0. The van der Waals surface area contributed by atoms with Gasteiger partial charge in [0, 0.05) is 16.1 Å². The van der Waals surface area contributed by atoms with E-state index in [2.05, 4.69) is 26.4 Å². The number of rotatable bonds is 4. The molecule has 0 saturated carbocycles. The number of halogens is 1. The molecule has 20 heavy (non-hydrogen) atoms. The van der Waals surface area contributed by atoms with Gasteiger partial charge in [-0.25, -0.2) is 0 Å². The number of anilines is 1. The van der Waals surface area contributed by atoms with Crippen molar-refractivity contribution in [1.82, 2.24) is 5.16 Å².